The van der Waals surface area contributed by atoms with Crippen molar-refractivity contribution < 1.29 is 0 Å². The van der Waals surface area contributed by atoms with Gasteiger partial charge in [0.15, 0.2) is 0 Å². The van der Waals surface area contributed by atoms with Crippen molar-refractivity contribution in [1.29, 1.82) is 0 Å². The van der Waals surface area contributed by atoms with Crippen molar-refractivity contribution in [3.05, 3.63) is 39.9 Å². The number of benzene rings is 1. The standard InChI is InChI=1S/C13H16Cl2/c1-2-3-4-5-6-7-11-8-9-12(14)13(15)10-11/h6-10H,2-5H2,1H3/b7-6+. The molecule has 0 amide bonds. The van der Waals surface area contributed by atoms with Gasteiger partial charge in [-0.15, -0.1) is 0 Å². The van der Waals surface area contributed by atoms with E-state index in [1.165, 1.54) is 19.3 Å². The zero-order valence-corrected chi connectivity index (χ0v) is 10.5. The topological polar surface area (TPSA) is 0 Å². The zero-order valence-electron chi connectivity index (χ0n) is 8.97. The summed E-state index contributed by atoms with van der Waals surface area (Å²) in [5.74, 6) is 0. The van der Waals surface area contributed by atoms with E-state index in [9.17, 15) is 0 Å². The van der Waals surface area contributed by atoms with Crippen LogP contribution in [-0.4, -0.2) is 0 Å². The van der Waals surface area contributed by atoms with Crippen LogP contribution in [0.25, 0.3) is 6.08 Å². The fourth-order valence-corrected chi connectivity index (χ4v) is 1.65. The number of rotatable bonds is 5. The van der Waals surface area contributed by atoms with Crippen LogP contribution in [0.4, 0.5) is 0 Å². The van der Waals surface area contributed by atoms with Gasteiger partial charge in [0.25, 0.3) is 0 Å². The van der Waals surface area contributed by atoms with E-state index in [4.69, 9.17) is 23.2 Å². The van der Waals surface area contributed by atoms with Gasteiger partial charge in [-0.1, -0.05) is 61.2 Å². The molecular weight excluding hydrogens is 227 g/mol. The van der Waals surface area contributed by atoms with E-state index in [2.05, 4.69) is 19.1 Å². The highest BCUT2D eigenvalue weighted by Gasteiger charge is 1.95. The van der Waals surface area contributed by atoms with Crippen molar-refractivity contribution in [3.63, 3.8) is 0 Å². The second kappa shape index (κ2) is 6.92. The quantitative estimate of drug-likeness (QED) is 0.591. The summed E-state index contributed by atoms with van der Waals surface area (Å²) in [5.41, 5.74) is 1.11. The van der Waals surface area contributed by atoms with Crippen molar-refractivity contribution in [2.75, 3.05) is 0 Å². The molecule has 1 rings (SSSR count). The molecule has 0 saturated heterocycles. The van der Waals surface area contributed by atoms with E-state index in [0.29, 0.717) is 10.0 Å². The lowest BCUT2D eigenvalue weighted by Gasteiger charge is -1.97. The van der Waals surface area contributed by atoms with E-state index < -0.39 is 0 Å². The van der Waals surface area contributed by atoms with Gasteiger partial charge in [0.2, 0.25) is 0 Å². The summed E-state index contributed by atoms with van der Waals surface area (Å²) in [7, 11) is 0. The summed E-state index contributed by atoms with van der Waals surface area (Å²) in [5, 5.41) is 1.23. The Morgan fingerprint density at radius 2 is 1.93 bits per heavy atom. The first-order valence-corrected chi connectivity index (χ1v) is 6.11. The summed E-state index contributed by atoms with van der Waals surface area (Å²) in [4.78, 5) is 0. The molecule has 0 radical (unpaired) electrons. The fourth-order valence-electron chi connectivity index (χ4n) is 1.35. The predicted octanol–water partition coefficient (Wildman–Crippen LogP) is 5.59. The van der Waals surface area contributed by atoms with Crippen LogP contribution in [0, 0.1) is 0 Å². The minimum absolute atomic E-state index is 0.611. The molecule has 1 aromatic carbocycles. The van der Waals surface area contributed by atoms with E-state index in [0.717, 1.165) is 12.0 Å². The monoisotopic (exact) mass is 242 g/mol. The van der Waals surface area contributed by atoms with Gasteiger partial charge >= 0.3 is 0 Å². The molecule has 0 N–H and O–H groups in total. The van der Waals surface area contributed by atoms with Crippen LogP contribution >= 0.6 is 23.2 Å². The summed E-state index contributed by atoms with van der Waals surface area (Å²) < 4.78 is 0. The zero-order chi connectivity index (χ0) is 11.1. The molecule has 0 aromatic heterocycles. The molecule has 0 saturated carbocycles. The number of hydrogen-bond acceptors (Lipinski definition) is 0. The molecule has 0 spiro atoms. The molecule has 0 aliphatic carbocycles. The minimum Gasteiger partial charge on any atom is -0.0839 e. The Morgan fingerprint density at radius 3 is 2.60 bits per heavy atom. The molecule has 1 aromatic rings. The first kappa shape index (κ1) is 12.6. The van der Waals surface area contributed by atoms with Crippen LogP contribution < -0.4 is 0 Å². The van der Waals surface area contributed by atoms with Crippen molar-refractivity contribution in [2.45, 2.75) is 32.6 Å². The summed E-state index contributed by atoms with van der Waals surface area (Å²) in [6, 6.07) is 5.69. The molecule has 0 nitrogen and oxygen atoms in total. The normalized spacial score (nSPS) is 11.1. The number of allylic oxidation sites excluding steroid dienone is 1. The van der Waals surface area contributed by atoms with Crippen LogP contribution in [0.1, 0.15) is 38.2 Å². The molecule has 0 heterocycles. The highest BCUT2D eigenvalue weighted by molar-refractivity contribution is 6.42. The maximum Gasteiger partial charge on any atom is 0.0598 e. The number of unbranched alkanes of at least 4 members (excludes halogenated alkanes) is 3. The predicted molar refractivity (Wildman–Crippen MR) is 69.6 cm³/mol. The van der Waals surface area contributed by atoms with E-state index >= 15 is 0 Å². The Morgan fingerprint density at radius 1 is 1.13 bits per heavy atom. The van der Waals surface area contributed by atoms with Gasteiger partial charge in [-0.25, -0.2) is 0 Å². The molecule has 0 fully saturated rings. The molecule has 2 heteroatoms. The van der Waals surface area contributed by atoms with Crippen LogP contribution in [-0.2, 0) is 0 Å². The minimum atomic E-state index is 0.611. The third-order valence-corrected chi connectivity index (χ3v) is 2.97. The second-order valence-electron chi connectivity index (χ2n) is 3.57. The highest BCUT2D eigenvalue weighted by Crippen LogP contribution is 2.23. The van der Waals surface area contributed by atoms with Crippen molar-refractivity contribution >= 4 is 29.3 Å². The Balaban J connectivity index is 2.46. The first-order valence-electron chi connectivity index (χ1n) is 5.35. The molecule has 15 heavy (non-hydrogen) atoms. The Labute approximate surface area is 102 Å². The van der Waals surface area contributed by atoms with Crippen LogP contribution in [0.5, 0.6) is 0 Å². The Bertz CT molecular complexity index is 329. The summed E-state index contributed by atoms with van der Waals surface area (Å²) in [6.07, 6.45) is 9.24. The van der Waals surface area contributed by atoms with Crippen LogP contribution in [0.2, 0.25) is 10.0 Å². The third-order valence-electron chi connectivity index (χ3n) is 2.23. The average molecular weight is 243 g/mol. The lowest BCUT2D eigenvalue weighted by atomic mass is 10.1. The number of hydrogen-bond donors (Lipinski definition) is 0. The van der Waals surface area contributed by atoms with Gasteiger partial charge in [-0.2, -0.15) is 0 Å². The average Bonchev–Trinajstić information content (AvgIpc) is 2.23. The molecule has 0 unspecified atom stereocenters. The highest BCUT2D eigenvalue weighted by atomic mass is 35.5. The number of halogens is 2. The Kier molecular flexibility index (Phi) is 5.82. The fraction of sp³-hybridized carbons (Fsp3) is 0.385. The van der Waals surface area contributed by atoms with Gasteiger partial charge in [0.1, 0.15) is 0 Å². The first-order chi connectivity index (χ1) is 7.24. The van der Waals surface area contributed by atoms with E-state index in [1.807, 2.05) is 18.2 Å². The van der Waals surface area contributed by atoms with Gasteiger partial charge in [0.05, 0.1) is 10.0 Å². The lowest BCUT2D eigenvalue weighted by Crippen LogP contribution is -1.74. The second-order valence-corrected chi connectivity index (χ2v) is 4.39. The van der Waals surface area contributed by atoms with Crippen LogP contribution in [0.15, 0.2) is 24.3 Å². The van der Waals surface area contributed by atoms with Crippen LogP contribution in [0.3, 0.4) is 0 Å². The summed E-state index contributed by atoms with van der Waals surface area (Å²) in [6.45, 7) is 2.21. The molecular formula is C13H16Cl2. The maximum absolute atomic E-state index is 5.91. The van der Waals surface area contributed by atoms with Crippen molar-refractivity contribution in [1.82, 2.24) is 0 Å². The molecule has 0 atom stereocenters. The van der Waals surface area contributed by atoms with E-state index in [-0.39, 0.29) is 0 Å². The lowest BCUT2D eigenvalue weighted by molar-refractivity contribution is 0.730. The van der Waals surface area contributed by atoms with Gasteiger partial charge in [-0.05, 0) is 30.5 Å². The summed E-state index contributed by atoms with van der Waals surface area (Å²) >= 11 is 11.7. The van der Waals surface area contributed by atoms with Crippen molar-refractivity contribution in [3.8, 4) is 0 Å². The molecule has 0 bridgehead atoms. The maximum atomic E-state index is 5.91. The molecule has 0 aliphatic heterocycles. The van der Waals surface area contributed by atoms with Gasteiger partial charge in [0, 0.05) is 0 Å². The molecule has 0 aliphatic rings. The third kappa shape index (κ3) is 4.72. The Hall–Kier alpha value is -0.460. The van der Waals surface area contributed by atoms with Gasteiger partial charge < -0.3 is 0 Å². The van der Waals surface area contributed by atoms with Gasteiger partial charge in [-0.3, -0.25) is 0 Å². The van der Waals surface area contributed by atoms with Crippen molar-refractivity contribution in [2.24, 2.45) is 0 Å². The SMILES string of the molecule is CCCCC/C=C/c1ccc(Cl)c(Cl)c1. The largest absolute Gasteiger partial charge is 0.0839 e. The molecule has 82 valence electrons. The van der Waals surface area contributed by atoms with E-state index in [1.54, 1.807) is 0 Å². The smallest absolute Gasteiger partial charge is 0.0598 e.